The number of carboxylic acids is 1. The van der Waals surface area contributed by atoms with Gasteiger partial charge >= 0.3 is 5.97 Å². The Morgan fingerprint density at radius 3 is 2.47 bits per heavy atom. The van der Waals surface area contributed by atoms with Gasteiger partial charge in [0.2, 0.25) is 5.91 Å². The maximum absolute atomic E-state index is 12.5. The van der Waals surface area contributed by atoms with E-state index >= 15 is 0 Å². The second kappa shape index (κ2) is 4.80. The number of carbonyl (C=O) groups is 2. The molecule has 106 valence electrons. The number of rotatable bonds is 3. The van der Waals surface area contributed by atoms with Gasteiger partial charge in [-0.25, -0.2) is 0 Å². The Kier molecular flexibility index (Phi) is 3.27. The Morgan fingerprint density at radius 2 is 1.84 bits per heavy atom. The van der Waals surface area contributed by atoms with Crippen LogP contribution in [-0.4, -0.2) is 34.5 Å². The summed E-state index contributed by atoms with van der Waals surface area (Å²) in [7, 11) is 0. The minimum atomic E-state index is -0.771. The van der Waals surface area contributed by atoms with E-state index in [1.54, 1.807) is 0 Å². The molecule has 0 aromatic heterocycles. The minimum absolute atomic E-state index is 0.0960. The number of carbonyl (C=O) groups excluding carboxylic acids is 1. The lowest BCUT2D eigenvalue weighted by molar-refractivity contribution is -0.160. The number of aliphatic carboxylic acids is 1. The zero-order chi connectivity index (χ0) is 13.5. The summed E-state index contributed by atoms with van der Waals surface area (Å²) >= 11 is 0. The third kappa shape index (κ3) is 2.15. The zero-order valence-corrected chi connectivity index (χ0v) is 11.4. The zero-order valence-electron chi connectivity index (χ0n) is 11.4. The van der Waals surface area contributed by atoms with Crippen LogP contribution in [0.15, 0.2) is 0 Å². The second-order valence-electron chi connectivity index (χ2n) is 6.60. The van der Waals surface area contributed by atoms with E-state index in [9.17, 15) is 14.7 Å². The standard InChI is InChI=1S/C15H23NO3/c17-13(10-15(14(18)19)7-3-8-15)16-9-2-5-11-4-1-6-12(11)16/h11-12H,1-10H2,(H,18,19). The average molecular weight is 265 g/mol. The van der Waals surface area contributed by atoms with E-state index in [0.717, 1.165) is 25.8 Å². The van der Waals surface area contributed by atoms with Crippen molar-refractivity contribution in [3.8, 4) is 0 Å². The van der Waals surface area contributed by atoms with Crippen LogP contribution in [0, 0.1) is 11.3 Å². The molecule has 1 saturated heterocycles. The fourth-order valence-corrected chi connectivity index (χ4v) is 4.22. The molecule has 0 aromatic carbocycles. The van der Waals surface area contributed by atoms with Crippen LogP contribution in [0.25, 0.3) is 0 Å². The SMILES string of the molecule is O=C(CC1(C(=O)O)CCC1)N1CCCC2CCCC21. The summed E-state index contributed by atoms with van der Waals surface area (Å²) in [5, 5.41) is 9.35. The fraction of sp³-hybridized carbons (Fsp3) is 0.867. The van der Waals surface area contributed by atoms with Gasteiger partial charge in [0.1, 0.15) is 0 Å². The highest BCUT2D eigenvalue weighted by atomic mass is 16.4. The third-order valence-corrected chi connectivity index (χ3v) is 5.57. The molecule has 0 spiro atoms. The summed E-state index contributed by atoms with van der Waals surface area (Å²) < 4.78 is 0. The van der Waals surface area contributed by atoms with Crippen molar-refractivity contribution in [1.29, 1.82) is 0 Å². The topological polar surface area (TPSA) is 57.6 Å². The lowest BCUT2D eigenvalue weighted by Gasteiger charge is -2.42. The summed E-state index contributed by atoms with van der Waals surface area (Å²) in [5.74, 6) is 0.00523. The average Bonchev–Trinajstić information content (AvgIpc) is 2.80. The molecule has 2 saturated carbocycles. The molecule has 1 N–H and O–H groups in total. The van der Waals surface area contributed by atoms with Crippen molar-refractivity contribution in [3.63, 3.8) is 0 Å². The summed E-state index contributed by atoms with van der Waals surface area (Å²) in [6, 6.07) is 0.409. The maximum Gasteiger partial charge on any atom is 0.310 e. The van der Waals surface area contributed by atoms with Crippen molar-refractivity contribution in [2.75, 3.05) is 6.54 Å². The summed E-state index contributed by atoms with van der Waals surface area (Å²) in [6.07, 6.45) is 8.47. The third-order valence-electron chi connectivity index (χ3n) is 5.57. The van der Waals surface area contributed by atoms with Gasteiger partial charge in [0.15, 0.2) is 0 Å². The van der Waals surface area contributed by atoms with Crippen molar-refractivity contribution < 1.29 is 14.7 Å². The second-order valence-corrected chi connectivity index (χ2v) is 6.60. The van der Waals surface area contributed by atoms with E-state index in [0.29, 0.717) is 24.8 Å². The van der Waals surface area contributed by atoms with Crippen LogP contribution in [0.5, 0.6) is 0 Å². The van der Waals surface area contributed by atoms with Crippen LogP contribution in [0.1, 0.15) is 57.8 Å². The van der Waals surface area contributed by atoms with Crippen molar-refractivity contribution in [2.24, 2.45) is 11.3 Å². The van der Waals surface area contributed by atoms with Gasteiger partial charge in [0.25, 0.3) is 0 Å². The highest BCUT2D eigenvalue weighted by Gasteiger charge is 2.48. The first-order valence-corrected chi connectivity index (χ1v) is 7.65. The Bertz CT molecular complexity index is 389. The molecule has 3 aliphatic rings. The number of hydrogen-bond donors (Lipinski definition) is 1. The van der Waals surface area contributed by atoms with Crippen LogP contribution in [-0.2, 0) is 9.59 Å². The molecule has 4 nitrogen and oxygen atoms in total. The van der Waals surface area contributed by atoms with Gasteiger partial charge in [0, 0.05) is 19.0 Å². The summed E-state index contributed by atoms with van der Waals surface area (Å²) in [5.41, 5.74) is -0.734. The fourth-order valence-electron chi connectivity index (χ4n) is 4.22. The summed E-state index contributed by atoms with van der Waals surface area (Å²) in [4.78, 5) is 25.9. The van der Waals surface area contributed by atoms with E-state index < -0.39 is 11.4 Å². The van der Waals surface area contributed by atoms with Crippen molar-refractivity contribution in [2.45, 2.75) is 63.8 Å². The van der Waals surface area contributed by atoms with Gasteiger partial charge < -0.3 is 10.0 Å². The number of nitrogens with zero attached hydrogens (tertiary/aromatic N) is 1. The molecule has 3 fully saturated rings. The molecule has 1 heterocycles. The van der Waals surface area contributed by atoms with Crippen LogP contribution in [0.3, 0.4) is 0 Å². The van der Waals surface area contributed by atoms with Crippen molar-refractivity contribution in [1.82, 2.24) is 4.90 Å². The van der Waals surface area contributed by atoms with Crippen LogP contribution >= 0.6 is 0 Å². The predicted octanol–water partition coefficient (Wildman–Crippen LogP) is 2.42. The largest absolute Gasteiger partial charge is 0.481 e. The number of likely N-dealkylation sites (tertiary alicyclic amines) is 1. The smallest absolute Gasteiger partial charge is 0.310 e. The normalized spacial score (nSPS) is 32.5. The highest BCUT2D eigenvalue weighted by molar-refractivity contribution is 5.86. The van der Waals surface area contributed by atoms with Crippen molar-refractivity contribution >= 4 is 11.9 Å². The molecule has 19 heavy (non-hydrogen) atoms. The Hall–Kier alpha value is -1.06. The molecule has 4 heteroatoms. The first-order valence-electron chi connectivity index (χ1n) is 7.65. The number of fused-ring (bicyclic) bond motifs is 1. The molecular formula is C15H23NO3. The number of amides is 1. The first kappa shape index (κ1) is 12.9. The van der Waals surface area contributed by atoms with Crippen LogP contribution < -0.4 is 0 Å². The van der Waals surface area contributed by atoms with Gasteiger partial charge in [0.05, 0.1) is 5.41 Å². The first-order chi connectivity index (χ1) is 9.12. The molecule has 2 aliphatic carbocycles. The van der Waals surface area contributed by atoms with Gasteiger partial charge in [-0.3, -0.25) is 9.59 Å². The van der Waals surface area contributed by atoms with E-state index in [1.165, 1.54) is 19.3 Å². The predicted molar refractivity (Wildman–Crippen MR) is 70.6 cm³/mol. The van der Waals surface area contributed by atoms with Gasteiger partial charge in [-0.05, 0) is 44.4 Å². The quantitative estimate of drug-likeness (QED) is 0.852. The Balaban J connectivity index is 1.68. The molecule has 1 aliphatic heterocycles. The molecule has 0 bridgehead atoms. The monoisotopic (exact) mass is 265 g/mol. The molecule has 0 aromatic rings. The van der Waals surface area contributed by atoms with E-state index in [-0.39, 0.29) is 12.3 Å². The van der Waals surface area contributed by atoms with E-state index in [4.69, 9.17) is 0 Å². The lowest BCUT2D eigenvalue weighted by atomic mass is 9.66. The van der Waals surface area contributed by atoms with Crippen LogP contribution in [0.4, 0.5) is 0 Å². The van der Waals surface area contributed by atoms with E-state index in [1.807, 2.05) is 4.90 Å². The maximum atomic E-state index is 12.5. The molecule has 2 atom stereocenters. The molecule has 2 unspecified atom stereocenters. The lowest BCUT2D eigenvalue weighted by Crippen LogP contribution is -2.50. The highest BCUT2D eigenvalue weighted by Crippen LogP contribution is 2.45. The molecule has 1 amide bonds. The Morgan fingerprint density at radius 1 is 1.11 bits per heavy atom. The molecule has 0 radical (unpaired) electrons. The summed E-state index contributed by atoms with van der Waals surface area (Å²) in [6.45, 7) is 0.843. The number of piperidine rings is 1. The molecular weight excluding hydrogens is 242 g/mol. The van der Waals surface area contributed by atoms with Gasteiger partial charge in [-0.2, -0.15) is 0 Å². The Labute approximate surface area is 114 Å². The van der Waals surface area contributed by atoms with Gasteiger partial charge in [-0.15, -0.1) is 0 Å². The minimum Gasteiger partial charge on any atom is -0.481 e. The molecule has 3 rings (SSSR count). The number of hydrogen-bond acceptors (Lipinski definition) is 2. The van der Waals surface area contributed by atoms with Crippen molar-refractivity contribution in [3.05, 3.63) is 0 Å². The van der Waals surface area contributed by atoms with E-state index in [2.05, 4.69) is 0 Å². The number of carboxylic acid groups (broad SMARTS) is 1. The van der Waals surface area contributed by atoms with Gasteiger partial charge in [-0.1, -0.05) is 12.8 Å². The van der Waals surface area contributed by atoms with Crippen LogP contribution in [0.2, 0.25) is 0 Å².